The molecule has 2 aromatic heterocycles. The van der Waals surface area contributed by atoms with Crippen LogP contribution in [-0.4, -0.2) is 32.7 Å². The lowest BCUT2D eigenvalue weighted by Crippen LogP contribution is -2.09. The first-order valence-corrected chi connectivity index (χ1v) is 7.30. The minimum atomic E-state index is 0.449. The number of fused-ring (bicyclic) bond motifs is 1. The maximum Gasteiger partial charge on any atom is 0.165 e. The van der Waals surface area contributed by atoms with Gasteiger partial charge in [0.2, 0.25) is 0 Å². The molecule has 0 radical (unpaired) electrons. The Morgan fingerprint density at radius 1 is 1.35 bits per heavy atom. The highest BCUT2D eigenvalue weighted by Crippen LogP contribution is 2.36. The van der Waals surface area contributed by atoms with Crippen LogP contribution in [0.25, 0.3) is 11.2 Å². The number of ether oxygens (including phenoxy) is 1. The van der Waals surface area contributed by atoms with Gasteiger partial charge in [-0.3, -0.25) is 0 Å². The highest BCUT2D eigenvalue weighted by Gasteiger charge is 2.27. The molecule has 2 heterocycles. The third kappa shape index (κ3) is 2.47. The molecule has 3 rings (SSSR count). The van der Waals surface area contributed by atoms with Crippen LogP contribution in [-0.2, 0) is 4.74 Å². The fourth-order valence-corrected chi connectivity index (χ4v) is 2.98. The Kier molecular flexibility index (Phi) is 3.82. The van der Waals surface area contributed by atoms with Gasteiger partial charge in [-0.25, -0.2) is 15.0 Å². The molecule has 1 saturated carbocycles. The van der Waals surface area contributed by atoms with Crippen LogP contribution in [0.3, 0.4) is 0 Å². The summed E-state index contributed by atoms with van der Waals surface area (Å²) in [4.78, 5) is 12.7. The van der Waals surface area contributed by atoms with Crippen LogP contribution in [0, 0.1) is 5.92 Å². The summed E-state index contributed by atoms with van der Waals surface area (Å²) in [5.41, 5.74) is 7.38. The van der Waals surface area contributed by atoms with Gasteiger partial charge in [-0.2, -0.15) is 0 Å². The lowest BCUT2D eigenvalue weighted by atomic mass is 10.1. The van der Waals surface area contributed by atoms with E-state index >= 15 is 0 Å². The van der Waals surface area contributed by atoms with Gasteiger partial charge in [-0.05, 0) is 31.6 Å². The van der Waals surface area contributed by atoms with Crippen LogP contribution in [0.1, 0.15) is 38.6 Å². The Labute approximate surface area is 118 Å². The fraction of sp³-hybridized carbons (Fsp3) is 0.643. The van der Waals surface area contributed by atoms with E-state index in [9.17, 15) is 0 Å². The molecule has 2 aromatic rings. The van der Waals surface area contributed by atoms with E-state index in [1.165, 1.54) is 12.7 Å². The molecule has 2 atom stereocenters. The Balaban J connectivity index is 1.72. The van der Waals surface area contributed by atoms with E-state index in [1.807, 2.05) is 6.33 Å². The van der Waals surface area contributed by atoms with Crippen molar-refractivity contribution < 1.29 is 4.74 Å². The van der Waals surface area contributed by atoms with Gasteiger partial charge in [-0.1, -0.05) is 6.92 Å². The molecular weight excluding hydrogens is 254 g/mol. The topological polar surface area (TPSA) is 78.9 Å². The van der Waals surface area contributed by atoms with Crippen molar-refractivity contribution in [3.63, 3.8) is 0 Å². The molecule has 1 aliphatic rings. The second-order valence-electron chi connectivity index (χ2n) is 5.49. The zero-order valence-corrected chi connectivity index (χ0v) is 11.8. The molecule has 108 valence electrons. The second-order valence-corrected chi connectivity index (χ2v) is 5.49. The molecule has 2 unspecified atom stereocenters. The van der Waals surface area contributed by atoms with Crippen molar-refractivity contribution in [3.05, 3.63) is 12.7 Å². The van der Waals surface area contributed by atoms with Crippen molar-refractivity contribution in [2.45, 2.75) is 38.6 Å². The van der Waals surface area contributed by atoms with Crippen molar-refractivity contribution in [2.24, 2.45) is 5.92 Å². The predicted molar refractivity (Wildman–Crippen MR) is 77.2 cm³/mol. The molecule has 0 aromatic carbocycles. The first-order chi connectivity index (χ1) is 9.79. The van der Waals surface area contributed by atoms with Crippen molar-refractivity contribution >= 4 is 17.0 Å². The summed E-state index contributed by atoms with van der Waals surface area (Å²) >= 11 is 0. The van der Waals surface area contributed by atoms with Gasteiger partial charge < -0.3 is 15.0 Å². The normalized spacial score (nSPS) is 22.6. The Morgan fingerprint density at radius 2 is 2.25 bits per heavy atom. The standard InChI is InChI=1S/C14H21N5O/c1-2-5-20-7-10-3-4-11(6-10)19-9-18-12-13(15)16-8-17-14(12)19/h8-11H,2-7H2,1H3,(H2,15,16,17). The molecule has 20 heavy (non-hydrogen) atoms. The third-order valence-corrected chi connectivity index (χ3v) is 4.00. The molecular formula is C14H21N5O. The third-order valence-electron chi connectivity index (χ3n) is 4.00. The molecule has 0 spiro atoms. The van der Waals surface area contributed by atoms with Crippen LogP contribution in [0.5, 0.6) is 0 Å². The minimum Gasteiger partial charge on any atom is -0.382 e. The van der Waals surface area contributed by atoms with Crippen LogP contribution in [0.4, 0.5) is 5.82 Å². The number of hydrogen-bond acceptors (Lipinski definition) is 5. The number of hydrogen-bond donors (Lipinski definition) is 1. The smallest absolute Gasteiger partial charge is 0.165 e. The van der Waals surface area contributed by atoms with Gasteiger partial charge >= 0.3 is 0 Å². The number of imidazole rings is 1. The summed E-state index contributed by atoms with van der Waals surface area (Å²) in [6.45, 7) is 3.87. The van der Waals surface area contributed by atoms with Crippen molar-refractivity contribution in [1.29, 1.82) is 0 Å². The van der Waals surface area contributed by atoms with Crippen molar-refractivity contribution in [2.75, 3.05) is 18.9 Å². The zero-order chi connectivity index (χ0) is 13.9. The maximum absolute atomic E-state index is 5.83. The lowest BCUT2D eigenvalue weighted by Gasteiger charge is -2.13. The number of nitrogens with two attached hydrogens (primary N) is 1. The SMILES string of the molecule is CCCOCC1CCC(n2cnc3c(N)ncnc32)C1. The van der Waals surface area contributed by atoms with E-state index in [2.05, 4.69) is 26.4 Å². The van der Waals surface area contributed by atoms with Crippen molar-refractivity contribution in [1.82, 2.24) is 19.5 Å². The van der Waals surface area contributed by atoms with Crippen molar-refractivity contribution in [3.8, 4) is 0 Å². The summed E-state index contributed by atoms with van der Waals surface area (Å²) in [5, 5.41) is 0. The quantitative estimate of drug-likeness (QED) is 0.846. The summed E-state index contributed by atoms with van der Waals surface area (Å²) in [5.74, 6) is 1.10. The van der Waals surface area contributed by atoms with Gasteiger partial charge in [0, 0.05) is 19.3 Å². The highest BCUT2D eigenvalue weighted by molar-refractivity contribution is 5.81. The largest absolute Gasteiger partial charge is 0.382 e. The summed E-state index contributed by atoms with van der Waals surface area (Å²) < 4.78 is 7.81. The van der Waals surface area contributed by atoms with Gasteiger partial charge in [0.25, 0.3) is 0 Å². The van der Waals surface area contributed by atoms with Gasteiger partial charge in [0.05, 0.1) is 6.33 Å². The molecule has 6 nitrogen and oxygen atoms in total. The summed E-state index contributed by atoms with van der Waals surface area (Å²) in [6, 6.07) is 0.449. The average molecular weight is 275 g/mol. The van der Waals surface area contributed by atoms with Gasteiger partial charge in [0.15, 0.2) is 11.5 Å². The fourth-order valence-electron chi connectivity index (χ4n) is 2.98. The molecule has 0 aliphatic heterocycles. The van der Waals surface area contributed by atoms with E-state index < -0.39 is 0 Å². The monoisotopic (exact) mass is 275 g/mol. The zero-order valence-electron chi connectivity index (χ0n) is 11.8. The Morgan fingerprint density at radius 3 is 3.10 bits per heavy atom. The maximum atomic E-state index is 5.83. The molecule has 1 aliphatic carbocycles. The predicted octanol–water partition coefficient (Wildman–Crippen LogP) is 2.18. The van der Waals surface area contributed by atoms with E-state index in [4.69, 9.17) is 10.5 Å². The van der Waals surface area contributed by atoms with Crippen LogP contribution < -0.4 is 5.73 Å². The molecule has 0 bridgehead atoms. The Hall–Kier alpha value is -1.69. The molecule has 1 fully saturated rings. The molecule has 2 N–H and O–H groups in total. The van der Waals surface area contributed by atoms with Gasteiger partial charge in [-0.15, -0.1) is 0 Å². The first-order valence-electron chi connectivity index (χ1n) is 7.30. The van der Waals surface area contributed by atoms with Crippen LogP contribution >= 0.6 is 0 Å². The van der Waals surface area contributed by atoms with E-state index in [-0.39, 0.29) is 0 Å². The number of nitrogen functional groups attached to an aromatic ring is 1. The molecule has 0 amide bonds. The molecule has 6 heteroatoms. The first kappa shape index (κ1) is 13.3. The lowest BCUT2D eigenvalue weighted by molar-refractivity contribution is 0.101. The van der Waals surface area contributed by atoms with Crippen LogP contribution in [0.15, 0.2) is 12.7 Å². The molecule has 0 saturated heterocycles. The average Bonchev–Trinajstić information content (AvgIpc) is 3.06. The minimum absolute atomic E-state index is 0.449. The summed E-state index contributed by atoms with van der Waals surface area (Å²) in [6.07, 6.45) is 7.91. The number of aromatic nitrogens is 4. The van der Waals surface area contributed by atoms with Gasteiger partial charge in [0.1, 0.15) is 11.8 Å². The second kappa shape index (κ2) is 5.75. The van der Waals surface area contributed by atoms with E-state index in [1.54, 1.807) is 0 Å². The summed E-state index contributed by atoms with van der Waals surface area (Å²) in [7, 11) is 0. The van der Waals surface area contributed by atoms with E-state index in [0.717, 1.165) is 38.1 Å². The number of anilines is 1. The van der Waals surface area contributed by atoms with E-state index in [0.29, 0.717) is 23.3 Å². The van der Waals surface area contributed by atoms with Crippen LogP contribution in [0.2, 0.25) is 0 Å². The number of rotatable bonds is 5. The Bertz CT molecular complexity index is 582. The highest BCUT2D eigenvalue weighted by atomic mass is 16.5. The number of nitrogens with zero attached hydrogens (tertiary/aromatic N) is 4.